The van der Waals surface area contributed by atoms with E-state index in [1.807, 2.05) is 17.8 Å². The Bertz CT molecular complexity index is 437. The number of benzene rings is 1. The maximum Gasteiger partial charge on any atom is 0.337 e. The van der Waals surface area contributed by atoms with Gasteiger partial charge in [0, 0.05) is 29.8 Å². The molecule has 3 N–H and O–H groups in total. The highest BCUT2D eigenvalue weighted by molar-refractivity contribution is 8.00. The van der Waals surface area contributed by atoms with Crippen molar-refractivity contribution in [2.45, 2.75) is 12.2 Å². The molecule has 1 unspecified atom stereocenters. The molecule has 0 amide bonds. The smallest absolute Gasteiger partial charge is 0.337 e. The largest absolute Gasteiger partial charge is 0.478 e. The average Bonchev–Trinajstić information content (AvgIpc) is 2.28. The van der Waals surface area contributed by atoms with Gasteiger partial charge < -0.3 is 15.7 Å². The van der Waals surface area contributed by atoms with Crippen LogP contribution in [0.3, 0.4) is 0 Å². The van der Waals surface area contributed by atoms with Crippen LogP contribution >= 0.6 is 11.8 Å². The third-order valence-corrected chi connectivity index (χ3v) is 3.97. The van der Waals surface area contributed by atoms with Crippen molar-refractivity contribution >= 4 is 29.1 Å². The first kappa shape index (κ1) is 12.1. The van der Waals surface area contributed by atoms with Crippen molar-refractivity contribution < 1.29 is 9.90 Å². The number of nitrogens with two attached hydrogens (primary N) is 1. The highest BCUT2D eigenvalue weighted by Gasteiger charge is 2.21. The third kappa shape index (κ3) is 2.66. The van der Waals surface area contributed by atoms with Crippen LogP contribution < -0.4 is 10.6 Å². The van der Waals surface area contributed by atoms with Gasteiger partial charge in [0.25, 0.3) is 0 Å². The summed E-state index contributed by atoms with van der Waals surface area (Å²) in [6, 6.07) is 5.10. The lowest BCUT2D eigenvalue weighted by molar-refractivity contribution is 0.0697. The molecule has 92 valence electrons. The number of thioether (sulfide) groups is 1. The lowest BCUT2D eigenvalue weighted by Crippen LogP contribution is -2.37. The Morgan fingerprint density at radius 3 is 3.00 bits per heavy atom. The molecule has 0 spiro atoms. The Balaban J connectivity index is 2.33. The van der Waals surface area contributed by atoms with Gasteiger partial charge in [0.15, 0.2) is 0 Å². The molecule has 1 aromatic carbocycles. The molecule has 0 aromatic heterocycles. The predicted molar refractivity (Wildman–Crippen MR) is 71.9 cm³/mol. The zero-order valence-corrected chi connectivity index (χ0v) is 10.5. The molecule has 0 aliphatic carbocycles. The number of anilines is 2. The number of nitrogen functional groups attached to an aromatic ring is 1. The van der Waals surface area contributed by atoms with Crippen LogP contribution in [0.25, 0.3) is 0 Å². The highest BCUT2D eigenvalue weighted by atomic mass is 32.2. The lowest BCUT2D eigenvalue weighted by atomic mass is 10.1. The Hall–Kier alpha value is -1.36. The Kier molecular flexibility index (Phi) is 3.47. The Morgan fingerprint density at radius 1 is 1.59 bits per heavy atom. The van der Waals surface area contributed by atoms with Crippen LogP contribution in [0.5, 0.6) is 0 Å². The molecule has 1 heterocycles. The molecular formula is C12H16N2O2S. The van der Waals surface area contributed by atoms with Crippen molar-refractivity contribution in [3.63, 3.8) is 0 Å². The zero-order chi connectivity index (χ0) is 12.4. The van der Waals surface area contributed by atoms with Gasteiger partial charge in [0.2, 0.25) is 0 Å². The number of nitrogens with zero attached hydrogens (tertiary/aromatic N) is 1. The molecule has 1 saturated heterocycles. The van der Waals surface area contributed by atoms with Crippen molar-refractivity contribution in [2.24, 2.45) is 0 Å². The Labute approximate surface area is 105 Å². The summed E-state index contributed by atoms with van der Waals surface area (Å²) in [5.74, 6) is 0.114. The summed E-state index contributed by atoms with van der Waals surface area (Å²) in [4.78, 5) is 13.3. The number of carboxylic acids is 1. The number of carbonyl (C=O) groups is 1. The standard InChI is InChI=1S/C12H16N2O2S/c1-8-7-14(4-5-17-8)11-3-2-9(13)6-10(11)12(15)16/h2-3,6,8H,4-5,7,13H2,1H3,(H,15,16). The van der Waals surface area contributed by atoms with E-state index in [1.54, 1.807) is 6.07 Å². The van der Waals surface area contributed by atoms with E-state index >= 15 is 0 Å². The number of hydrogen-bond donors (Lipinski definition) is 2. The predicted octanol–water partition coefficient (Wildman–Crippen LogP) is 1.91. The second-order valence-corrected chi connectivity index (χ2v) is 5.76. The number of carboxylic acid groups (broad SMARTS) is 1. The van der Waals surface area contributed by atoms with Crippen LogP contribution in [-0.2, 0) is 0 Å². The quantitative estimate of drug-likeness (QED) is 0.787. The van der Waals surface area contributed by atoms with Crippen LogP contribution in [0.4, 0.5) is 11.4 Å². The van der Waals surface area contributed by atoms with E-state index in [0.717, 1.165) is 24.5 Å². The molecule has 0 bridgehead atoms. The zero-order valence-electron chi connectivity index (χ0n) is 9.72. The average molecular weight is 252 g/mol. The van der Waals surface area contributed by atoms with E-state index in [0.29, 0.717) is 16.5 Å². The fraction of sp³-hybridized carbons (Fsp3) is 0.417. The van der Waals surface area contributed by atoms with E-state index in [2.05, 4.69) is 11.8 Å². The van der Waals surface area contributed by atoms with Crippen molar-refractivity contribution in [3.8, 4) is 0 Å². The van der Waals surface area contributed by atoms with Crippen molar-refractivity contribution in [1.29, 1.82) is 0 Å². The first-order chi connectivity index (χ1) is 8.08. The van der Waals surface area contributed by atoms with Gasteiger partial charge in [-0.2, -0.15) is 11.8 Å². The van der Waals surface area contributed by atoms with Crippen molar-refractivity contribution in [1.82, 2.24) is 0 Å². The van der Waals surface area contributed by atoms with Gasteiger partial charge in [-0.15, -0.1) is 0 Å². The molecule has 4 nitrogen and oxygen atoms in total. The summed E-state index contributed by atoms with van der Waals surface area (Å²) < 4.78 is 0. The third-order valence-electron chi connectivity index (χ3n) is 2.83. The summed E-state index contributed by atoms with van der Waals surface area (Å²) >= 11 is 1.92. The van der Waals surface area contributed by atoms with E-state index in [9.17, 15) is 9.90 Å². The van der Waals surface area contributed by atoms with Gasteiger partial charge in [-0.05, 0) is 18.2 Å². The van der Waals surface area contributed by atoms with Gasteiger partial charge in [-0.3, -0.25) is 0 Å². The summed E-state index contributed by atoms with van der Waals surface area (Å²) in [5, 5.41) is 9.73. The van der Waals surface area contributed by atoms with Crippen LogP contribution in [0.15, 0.2) is 18.2 Å². The topological polar surface area (TPSA) is 66.6 Å². The summed E-state index contributed by atoms with van der Waals surface area (Å²) in [7, 11) is 0. The van der Waals surface area contributed by atoms with Crippen molar-refractivity contribution in [3.05, 3.63) is 23.8 Å². The number of hydrogen-bond acceptors (Lipinski definition) is 4. The molecule has 2 rings (SSSR count). The molecule has 1 aliphatic heterocycles. The molecule has 0 radical (unpaired) electrons. The maximum absolute atomic E-state index is 11.2. The minimum absolute atomic E-state index is 0.295. The van der Waals surface area contributed by atoms with Gasteiger partial charge in [-0.1, -0.05) is 6.92 Å². The molecule has 17 heavy (non-hydrogen) atoms. The summed E-state index contributed by atoms with van der Waals surface area (Å²) in [5.41, 5.74) is 7.20. The SMILES string of the molecule is CC1CN(c2ccc(N)cc2C(=O)O)CCS1. The van der Waals surface area contributed by atoms with Crippen LogP contribution in [0.1, 0.15) is 17.3 Å². The van der Waals surface area contributed by atoms with E-state index in [-0.39, 0.29) is 0 Å². The van der Waals surface area contributed by atoms with E-state index < -0.39 is 5.97 Å². The van der Waals surface area contributed by atoms with Crippen molar-refractivity contribution in [2.75, 3.05) is 29.5 Å². The first-order valence-corrected chi connectivity index (χ1v) is 6.62. The van der Waals surface area contributed by atoms with Gasteiger partial charge in [0.1, 0.15) is 0 Å². The maximum atomic E-state index is 11.2. The van der Waals surface area contributed by atoms with E-state index in [1.165, 1.54) is 6.07 Å². The minimum atomic E-state index is -0.918. The summed E-state index contributed by atoms with van der Waals surface area (Å²) in [6.45, 7) is 3.93. The van der Waals surface area contributed by atoms with Crippen LogP contribution in [0, 0.1) is 0 Å². The molecule has 1 aliphatic rings. The minimum Gasteiger partial charge on any atom is -0.478 e. The molecule has 5 heteroatoms. The molecule has 0 saturated carbocycles. The molecule has 1 fully saturated rings. The normalized spacial score (nSPS) is 20.3. The Morgan fingerprint density at radius 2 is 2.35 bits per heavy atom. The van der Waals surface area contributed by atoms with Gasteiger partial charge >= 0.3 is 5.97 Å². The fourth-order valence-corrected chi connectivity index (χ4v) is 3.05. The fourth-order valence-electron chi connectivity index (χ4n) is 2.04. The van der Waals surface area contributed by atoms with E-state index in [4.69, 9.17) is 5.73 Å². The molecular weight excluding hydrogens is 236 g/mol. The lowest BCUT2D eigenvalue weighted by Gasteiger charge is -2.33. The monoisotopic (exact) mass is 252 g/mol. The van der Waals surface area contributed by atoms with Crippen LogP contribution in [0.2, 0.25) is 0 Å². The highest BCUT2D eigenvalue weighted by Crippen LogP contribution is 2.28. The van der Waals surface area contributed by atoms with Gasteiger partial charge in [0.05, 0.1) is 11.3 Å². The van der Waals surface area contributed by atoms with Gasteiger partial charge in [-0.25, -0.2) is 4.79 Å². The molecule has 1 aromatic rings. The summed E-state index contributed by atoms with van der Waals surface area (Å²) in [6.07, 6.45) is 0. The second-order valence-electron chi connectivity index (χ2n) is 4.21. The molecule has 1 atom stereocenters. The second kappa shape index (κ2) is 4.87. The van der Waals surface area contributed by atoms with Crippen LogP contribution in [-0.4, -0.2) is 35.2 Å². The number of aromatic carboxylic acids is 1. The number of rotatable bonds is 2. The first-order valence-electron chi connectivity index (χ1n) is 5.57.